The van der Waals surface area contributed by atoms with Crippen LogP contribution in [0.25, 0.3) is 16.6 Å². The molecule has 0 saturated heterocycles. The molecule has 0 aliphatic rings. The van der Waals surface area contributed by atoms with Crippen LogP contribution in [0.3, 0.4) is 0 Å². The zero-order chi connectivity index (χ0) is 11.5. The van der Waals surface area contributed by atoms with E-state index in [0.717, 1.165) is 11.0 Å². The van der Waals surface area contributed by atoms with Gasteiger partial charge in [0.25, 0.3) is 0 Å². The van der Waals surface area contributed by atoms with Gasteiger partial charge in [0.15, 0.2) is 0 Å². The number of H-pyrrole nitrogens is 1. The zero-order valence-corrected chi connectivity index (χ0v) is 8.60. The van der Waals surface area contributed by atoms with Gasteiger partial charge in [0.1, 0.15) is 11.4 Å². The second-order valence-electron chi connectivity index (χ2n) is 3.14. The summed E-state index contributed by atoms with van der Waals surface area (Å²) >= 11 is 0. The van der Waals surface area contributed by atoms with Gasteiger partial charge in [-0.1, -0.05) is 12.1 Å². The molecule has 2 N–H and O–H groups in total. The summed E-state index contributed by atoms with van der Waals surface area (Å²) in [7, 11) is 1.24. The molecule has 2 rings (SSSR count). The monoisotopic (exact) mass is 218 g/mol. The summed E-state index contributed by atoms with van der Waals surface area (Å²) < 4.78 is 4.53. The Balaban J connectivity index is 2.50. The van der Waals surface area contributed by atoms with E-state index in [1.54, 1.807) is 0 Å². The third-order valence-corrected chi connectivity index (χ3v) is 2.18. The van der Waals surface area contributed by atoms with E-state index >= 15 is 0 Å². The molecule has 0 atom stereocenters. The first-order chi connectivity index (χ1) is 7.76. The lowest BCUT2D eigenvalue weighted by Crippen LogP contribution is -2.05. The van der Waals surface area contributed by atoms with Crippen molar-refractivity contribution >= 4 is 22.6 Å². The minimum atomic E-state index is -0.637. The van der Waals surface area contributed by atoms with E-state index in [0.29, 0.717) is 6.26 Å². The van der Waals surface area contributed by atoms with Crippen molar-refractivity contribution in [3.8, 4) is 0 Å². The van der Waals surface area contributed by atoms with E-state index in [1.165, 1.54) is 7.11 Å². The number of carbonyl (C=O) groups is 1. The zero-order valence-electron chi connectivity index (χ0n) is 8.60. The lowest BCUT2D eigenvalue weighted by molar-refractivity contribution is -0.133. The maximum atomic E-state index is 11.3. The molecule has 0 aliphatic carbocycles. The van der Waals surface area contributed by atoms with Crippen LogP contribution in [0.1, 0.15) is 5.82 Å². The predicted molar refractivity (Wildman–Crippen MR) is 58.7 cm³/mol. The number of fused-ring (bicyclic) bond motifs is 1. The Hall–Kier alpha value is -2.30. The van der Waals surface area contributed by atoms with Crippen molar-refractivity contribution in [2.75, 3.05) is 7.11 Å². The Bertz CT molecular complexity index is 524. The number of carbonyl (C=O) groups excluding carboxylic acids is 1. The fraction of sp³-hybridized carbons (Fsp3) is 0.0909. The molecule has 16 heavy (non-hydrogen) atoms. The van der Waals surface area contributed by atoms with Crippen molar-refractivity contribution in [2.45, 2.75) is 0 Å². The summed E-state index contributed by atoms with van der Waals surface area (Å²) in [6.07, 6.45) is 0.684. The molecule has 0 aliphatic heterocycles. The molecular weight excluding hydrogens is 208 g/mol. The highest BCUT2D eigenvalue weighted by Crippen LogP contribution is 2.17. The van der Waals surface area contributed by atoms with Gasteiger partial charge in [-0.2, -0.15) is 0 Å². The molecule has 0 amide bonds. The summed E-state index contributed by atoms with van der Waals surface area (Å²) in [5.41, 5.74) is 1.51. The van der Waals surface area contributed by atoms with Crippen molar-refractivity contribution in [3.63, 3.8) is 0 Å². The van der Waals surface area contributed by atoms with Crippen LogP contribution in [0.15, 0.2) is 30.5 Å². The third-order valence-electron chi connectivity index (χ3n) is 2.18. The first-order valence-electron chi connectivity index (χ1n) is 4.64. The van der Waals surface area contributed by atoms with Gasteiger partial charge in [-0.05, 0) is 12.1 Å². The lowest BCUT2D eigenvalue weighted by Gasteiger charge is -1.98. The molecule has 1 heterocycles. The molecule has 0 fully saturated rings. The molecule has 5 heteroatoms. The number of hydrogen-bond acceptors (Lipinski definition) is 4. The highest BCUT2D eigenvalue weighted by Gasteiger charge is 2.16. The van der Waals surface area contributed by atoms with Crippen LogP contribution < -0.4 is 0 Å². The van der Waals surface area contributed by atoms with E-state index < -0.39 is 5.97 Å². The number of aromatic amines is 1. The van der Waals surface area contributed by atoms with E-state index in [1.807, 2.05) is 24.3 Å². The SMILES string of the molecule is COC(=O)/C(=C\O)c1nc2ccccc2[nH]1. The van der Waals surface area contributed by atoms with Gasteiger partial charge in [0.05, 0.1) is 24.4 Å². The molecule has 1 aromatic heterocycles. The Morgan fingerprint density at radius 1 is 1.50 bits per heavy atom. The largest absolute Gasteiger partial charge is 0.515 e. The Labute approximate surface area is 91.4 Å². The van der Waals surface area contributed by atoms with Gasteiger partial charge >= 0.3 is 5.97 Å². The second kappa shape index (κ2) is 4.06. The summed E-state index contributed by atoms with van der Waals surface area (Å²) in [5, 5.41) is 8.98. The van der Waals surface area contributed by atoms with Gasteiger partial charge in [0.2, 0.25) is 0 Å². The number of para-hydroxylation sites is 2. The molecule has 0 radical (unpaired) electrons. The van der Waals surface area contributed by atoms with Crippen LogP contribution in [0.4, 0.5) is 0 Å². The van der Waals surface area contributed by atoms with Gasteiger partial charge < -0.3 is 14.8 Å². The smallest absolute Gasteiger partial charge is 0.344 e. The number of aliphatic hydroxyl groups is 1. The van der Waals surface area contributed by atoms with Crippen LogP contribution in [-0.4, -0.2) is 28.2 Å². The number of aromatic nitrogens is 2. The number of imidazole rings is 1. The van der Waals surface area contributed by atoms with Crippen molar-refractivity contribution in [1.82, 2.24) is 9.97 Å². The number of aliphatic hydroxyl groups excluding tert-OH is 1. The van der Waals surface area contributed by atoms with E-state index in [-0.39, 0.29) is 11.4 Å². The number of esters is 1. The van der Waals surface area contributed by atoms with Gasteiger partial charge in [-0.25, -0.2) is 9.78 Å². The first-order valence-corrected chi connectivity index (χ1v) is 4.64. The predicted octanol–water partition coefficient (Wildman–Crippen LogP) is 1.63. The molecule has 0 bridgehead atoms. The third kappa shape index (κ3) is 1.63. The molecular formula is C11H10N2O3. The van der Waals surface area contributed by atoms with E-state index in [2.05, 4.69) is 14.7 Å². The summed E-state index contributed by atoms with van der Waals surface area (Å²) in [6.45, 7) is 0. The summed E-state index contributed by atoms with van der Waals surface area (Å²) in [5.74, 6) is -0.350. The number of hydrogen-bond donors (Lipinski definition) is 2. The molecule has 0 saturated carbocycles. The standard InChI is InChI=1S/C11H10N2O3/c1-16-11(15)7(6-14)10-12-8-4-2-3-5-9(8)13-10/h2-6,14H,1H3,(H,12,13)/b7-6-. The fourth-order valence-corrected chi connectivity index (χ4v) is 1.40. The lowest BCUT2D eigenvalue weighted by atomic mass is 10.3. The Kier molecular flexibility index (Phi) is 2.59. The molecule has 5 nitrogen and oxygen atoms in total. The van der Waals surface area contributed by atoms with Crippen LogP contribution in [0.5, 0.6) is 0 Å². The fourth-order valence-electron chi connectivity index (χ4n) is 1.40. The number of benzene rings is 1. The maximum absolute atomic E-state index is 11.3. The van der Waals surface area contributed by atoms with Crippen molar-refractivity contribution in [2.24, 2.45) is 0 Å². The van der Waals surface area contributed by atoms with Crippen molar-refractivity contribution in [1.29, 1.82) is 0 Å². The van der Waals surface area contributed by atoms with E-state index in [9.17, 15) is 4.79 Å². The molecule has 82 valence electrons. The van der Waals surface area contributed by atoms with Crippen molar-refractivity contribution < 1.29 is 14.6 Å². The van der Waals surface area contributed by atoms with Crippen LogP contribution in [-0.2, 0) is 9.53 Å². The average molecular weight is 218 g/mol. The molecule has 0 unspecified atom stereocenters. The van der Waals surface area contributed by atoms with Crippen molar-refractivity contribution in [3.05, 3.63) is 36.4 Å². The summed E-state index contributed by atoms with van der Waals surface area (Å²) in [4.78, 5) is 18.4. The molecule has 0 spiro atoms. The molecule has 1 aromatic carbocycles. The maximum Gasteiger partial charge on any atom is 0.344 e. The molecule has 2 aromatic rings. The minimum Gasteiger partial charge on any atom is -0.515 e. The van der Waals surface area contributed by atoms with Crippen LogP contribution in [0.2, 0.25) is 0 Å². The number of ether oxygens (including phenoxy) is 1. The summed E-state index contributed by atoms with van der Waals surface area (Å²) in [6, 6.07) is 7.33. The van der Waals surface area contributed by atoms with Gasteiger partial charge in [-0.3, -0.25) is 0 Å². The van der Waals surface area contributed by atoms with Crippen LogP contribution in [0, 0.1) is 0 Å². The highest BCUT2D eigenvalue weighted by atomic mass is 16.5. The Morgan fingerprint density at radius 2 is 2.25 bits per heavy atom. The topological polar surface area (TPSA) is 75.2 Å². The number of nitrogens with one attached hydrogen (secondary N) is 1. The highest BCUT2D eigenvalue weighted by molar-refractivity contribution is 6.15. The number of rotatable bonds is 2. The quantitative estimate of drug-likeness (QED) is 0.456. The van der Waals surface area contributed by atoms with E-state index in [4.69, 9.17) is 5.11 Å². The Morgan fingerprint density at radius 3 is 2.88 bits per heavy atom. The van der Waals surface area contributed by atoms with Gasteiger partial charge in [-0.15, -0.1) is 0 Å². The second-order valence-corrected chi connectivity index (χ2v) is 3.14. The van der Waals surface area contributed by atoms with Crippen LogP contribution >= 0.6 is 0 Å². The number of methoxy groups -OCH3 is 1. The normalized spacial score (nSPS) is 11.7. The first kappa shape index (κ1) is 10.2. The minimum absolute atomic E-state index is 0.00120. The average Bonchev–Trinajstić information content (AvgIpc) is 2.72. The number of nitrogens with zero attached hydrogens (tertiary/aromatic N) is 1. The van der Waals surface area contributed by atoms with Gasteiger partial charge in [0, 0.05) is 0 Å².